The van der Waals surface area contributed by atoms with Crippen molar-refractivity contribution in [3.63, 3.8) is 0 Å². The van der Waals surface area contributed by atoms with Crippen molar-refractivity contribution in [1.29, 1.82) is 0 Å². The van der Waals surface area contributed by atoms with Crippen LogP contribution < -0.4 is 56.3 Å². The molecule has 0 heterocycles. The van der Waals surface area contributed by atoms with Gasteiger partial charge >= 0.3 is 68.5 Å². The molecule has 0 aromatic rings. The van der Waals surface area contributed by atoms with Crippen molar-refractivity contribution in [3.8, 4) is 0 Å². The Balaban J connectivity index is -0.0000000800. The van der Waals surface area contributed by atoms with Crippen LogP contribution in [0.25, 0.3) is 0 Å². The Morgan fingerprint density at radius 3 is 1.43 bits per heavy atom. The van der Waals surface area contributed by atoms with Crippen LogP contribution >= 0.6 is 7.82 Å². The number of hydrogen-bond donors (Lipinski definition) is 2. The molecule has 0 spiro atoms. The van der Waals surface area contributed by atoms with Crippen molar-refractivity contribution in [2.75, 3.05) is 0 Å². The van der Waals surface area contributed by atoms with Crippen LogP contribution in [0, 0.1) is 0 Å². The molecule has 0 rings (SSSR count). The monoisotopic (exact) mass is 218 g/mol. The van der Waals surface area contributed by atoms with Gasteiger partial charge in [-0.25, -0.2) is 0 Å². The van der Waals surface area contributed by atoms with Crippen molar-refractivity contribution in [2.45, 2.75) is 0 Å². The maximum absolute atomic E-state index is 8.77. The second-order valence-electron chi connectivity index (χ2n) is 0.491. The van der Waals surface area contributed by atoms with E-state index >= 15 is 0 Å². The summed E-state index contributed by atoms with van der Waals surface area (Å²) >= 11 is 0. The molecule has 4 nitrogen and oxygen atoms in total. The van der Waals surface area contributed by atoms with Crippen molar-refractivity contribution in [3.05, 3.63) is 0 Å². The van der Waals surface area contributed by atoms with E-state index in [-0.39, 0.29) is 68.5 Å². The van der Waals surface area contributed by atoms with Crippen molar-refractivity contribution in [1.82, 2.24) is 0 Å². The van der Waals surface area contributed by atoms with Crippen LogP contribution in [-0.2, 0) is 4.57 Å². The van der Waals surface area contributed by atoms with E-state index in [0.717, 1.165) is 0 Å². The minimum atomic E-state index is -4.89. The van der Waals surface area contributed by atoms with E-state index in [0.29, 0.717) is 0 Å². The molecule has 0 fully saturated rings. The van der Waals surface area contributed by atoms with Gasteiger partial charge in [-0.05, 0) is 0 Å². The molecule has 0 radical (unpaired) electrons. The topological polar surface area (TPSA) is 80.6 Å². The summed E-state index contributed by atoms with van der Waals surface area (Å²) in [5.41, 5.74) is 0. The average molecular weight is 217 g/mol. The second kappa shape index (κ2) is 6.39. The van der Waals surface area contributed by atoms with Crippen LogP contribution in [0.4, 0.5) is 0 Å². The molecule has 2 N–H and O–H groups in total. The molecule has 0 aliphatic rings. The van der Waals surface area contributed by atoms with Crippen LogP contribution in [0.3, 0.4) is 0 Å². The molecule has 0 amide bonds. The van der Waals surface area contributed by atoms with Gasteiger partial charge in [-0.15, -0.1) is 0 Å². The van der Waals surface area contributed by atoms with E-state index < -0.39 is 7.82 Å². The fraction of sp³-hybridized carbons (Fsp3) is 0. The zero-order chi connectivity index (χ0) is 4.50. The summed E-state index contributed by atoms with van der Waals surface area (Å²) in [4.78, 5) is 22.9. The zero-order valence-corrected chi connectivity index (χ0v) is 9.77. The normalized spacial score (nSPS) is 8.43. The van der Waals surface area contributed by atoms with Gasteiger partial charge in [0.05, 0.1) is 0 Å². The fourth-order valence-corrected chi connectivity index (χ4v) is 0. The van der Waals surface area contributed by atoms with Crippen LogP contribution in [-0.4, -0.2) is 26.9 Å². The summed E-state index contributed by atoms with van der Waals surface area (Å²) in [6.07, 6.45) is 0. The maximum atomic E-state index is 8.77. The summed E-state index contributed by atoms with van der Waals surface area (Å²) in [6, 6.07) is 0. The van der Waals surface area contributed by atoms with E-state index in [1.54, 1.807) is 0 Å². The van der Waals surface area contributed by atoms with Gasteiger partial charge in [0.1, 0.15) is 0 Å². The van der Waals surface area contributed by atoms with Gasteiger partial charge in [0.25, 0.3) is 7.82 Å². The van der Waals surface area contributed by atoms with E-state index in [1.807, 2.05) is 0 Å². The predicted molar refractivity (Wildman–Crippen MR) is 20.6 cm³/mol. The first kappa shape index (κ1) is 16.1. The van der Waals surface area contributed by atoms with Gasteiger partial charge in [-0.1, -0.05) is 0 Å². The molecule has 7 heteroatoms. The summed E-state index contributed by atoms with van der Waals surface area (Å²) in [6.45, 7) is 0. The summed E-state index contributed by atoms with van der Waals surface area (Å²) in [5.74, 6) is 0. The Labute approximate surface area is 93.8 Å². The third kappa shape index (κ3) is 63.2. The van der Waals surface area contributed by atoms with E-state index in [1.165, 1.54) is 0 Å². The molecule has 0 aromatic heterocycles. The van der Waals surface area contributed by atoms with E-state index in [9.17, 15) is 0 Å². The van der Waals surface area contributed by atoms with Crippen molar-refractivity contribution < 1.29 is 70.6 Å². The van der Waals surface area contributed by atoms with E-state index in [2.05, 4.69) is 0 Å². The van der Waals surface area contributed by atoms with Crippen LogP contribution in [0.2, 0.25) is 0 Å². The molecule has 0 bridgehead atoms. The van der Waals surface area contributed by atoms with Gasteiger partial charge in [0.15, 0.2) is 0 Å². The first-order valence-electron chi connectivity index (χ1n) is 0.765. The average Bonchev–Trinajstić information content (AvgIpc) is 0.722. The van der Waals surface area contributed by atoms with Gasteiger partial charge in [-0.3, -0.25) is 4.57 Å². The predicted octanol–water partition coefficient (Wildman–Crippen LogP) is -5.47. The molecule has 0 saturated carbocycles. The molecule has 0 unspecified atom stereocenters. The molecule has 7 heavy (non-hydrogen) atoms. The minimum absolute atomic E-state index is 0. The summed E-state index contributed by atoms with van der Waals surface area (Å²) in [7, 11) is -4.89. The third-order valence-corrected chi connectivity index (χ3v) is 0. The van der Waals surface area contributed by atoms with E-state index in [4.69, 9.17) is 19.2 Å². The van der Waals surface area contributed by atoms with Crippen LogP contribution in [0.5, 0.6) is 0 Å². The molecule has 0 aliphatic carbocycles. The first-order chi connectivity index (χ1) is 2.00. The van der Waals surface area contributed by atoms with Crippen molar-refractivity contribution in [2.24, 2.45) is 0 Å². The van der Waals surface area contributed by atoms with Crippen LogP contribution in [0.1, 0.15) is 0 Å². The van der Waals surface area contributed by atoms with Crippen molar-refractivity contribution >= 4 is 24.9 Å². The summed E-state index contributed by atoms with van der Waals surface area (Å²) in [5, 5.41) is 0. The third-order valence-electron chi connectivity index (χ3n) is 0. The molecule has 0 aliphatic heterocycles. The second-order valence-corrected chi connectivity index (χ2v) is 1.47. The standard InChI is InChI=1S/K.H3O4P.H2Se/c;1-5(2,3)4;/h;(H3,1,2,3,4);1H2/q+1;;/p-1. The Morgan fingerprint density at radius 2 is 1.43 bits per heavy atom. The number of phosphoric acid groups is 1. The number of hydrogen-bond acceptors (Lipinski definition) is 2. The molecular weight excluding hydrogens is 213 g/mol. The van der Waals surface area contributed by atoms with Gasteiger partial charge < -0.3 is 14.7 Å². The van der Waals surface area contributed by atoms with Gasteiger partial charge in [0, 0.05) is 0 Å². The first-order valence-corrected chi connectivity index (χ1v) is 2.30. The quantitative estimate of drug-likeness (QED) is 0.313. The molecular formula is H4KO4PSe. The molecule has 0 atom stereocenters. The Kier molecular flexibility index (Phi) is 14.7. The number of rotatable bonds is 0. The summed E-state index contributed by atoms with van der Waals surface area (Å²) < 4.78 is 8.77. The zero-order valence-electron chi connectivity index (χ0n) is 3.66. The molecule has 40 valence electrons. The van der Waals surface area contributed by atoms with Crippen LogP contribution in [0.15, 0.2) is 0 Å². The van der Waals surface area contributed by atoms with Gasteiger partial charge in [0.2, 0.25) is 0 Å². The fourth-order valence-electron chi connectivity index (χ4n) is 0. The Morgan fingerprint density at radius 1 is 1.43 bits per heavy atom. The molecule has 0 aromatic carbocycles. The SMILES string of the molecule is O=P([O-])(O)O.[K+].[SeH2]. The van der Waals surface area contributed by atoms with Gasteiger partial charge in [-0.2, -0.15) is 0 Å². The molecule has 0 saturated heterocycles. The Hall–Kier alpha value is 2.27. The Bertz CT molecular complexity index is 57.8.